The van der Waals surface area contributed by atoms with Crippen LogP contribution in [0.3, 0.4) is 0 Å². The summed E-state index contributed by atoms with van der Waals surface area (Å²) in [6.07, 6.45) is 1.88. The molecule has 1 aromatic carbocycles. The Bertz CT molecular complexity index is 564. The number of nitrogens with zero attached hydrogens (tertiary/aromatic N) is 2. The highest BCUT2D eigenvalue weighted by Crippen LogP contribution is 2.31. The van der Waals surface area contributed by atoms with Crippen molar-refractivity contribution < 1.29 is 14.4 Å². The molecule has 1 aliphatic rings. The summed E-state index contributed by atoms with van der Waals surface area (Å²) in [7, 11) is 0. The van der Waals surface area contributed by atoms with Gasteiger partial charge in [0.2, 0.25) is 5.82 Å². The van der Waals surface area contributed by atoms with E-state index in [0.717, 1.165) is 19.4 Å². The van der Waals surface area contributed by atoms with E-state index >= 15 is 0 Å². The van der Waals surface area contributed by atoms with Gasteiger partial charge in [0.05, 0.1) is 4.47 Å². The molecule has 1 atom stereocenters. The van der Waals surface area contributed by atoms with Gasteiger partial charge in [-0.15, -0.1) is 0 Å². The van der Waals surface area contributed by atoms with E-state index in [4.69, 9.17) is 9.26 Å². The quantitative estimate of drug-likeness (QED) is 0.923. The van der Waals surface area contributed by atoms with E-state index in [-0.39, 0.29) is 11.9 Å². The summed E-state index contributed by atoms with van der Waals surface area (Å²) in [4.78, 5) is 4.30. The molecule has 1 fully saturated rings. The average Bonchev–Trinajstić information content (AvgIpc) is 3.01. The largest absolute Gasteiger partial charge is 0.507 e. The van der Waals surface area contributed by atoms with Crippen LogP contribution < -0.4 is 0 Å². The summed E-state index contributed by atoms with van der Waals surface area (Å²) >= 11 is 3.22. The highest BCUT2D eigenvalue weighted by atomic mass is 79.9. The van der Waals surface area contributed by atoms with Crippen LogP contribution in [0.15, 0.2) is 27.2 Å². The van der Waals surface area contributed by atoms with Crippen LogP contribution in [0, 0.1) is 0 Å². The van der Waals surface area contributed by atoms with Gasteiger partial charge in [-0.1, -0.05) is 5.16 Å². The molecule has 0 saturated carbocycles. The van der Waals surface area contributed by atoms with Crippen molar-refractivity contribution >= 4 is 15.9 Å². The molecule has 94 valence electrons. The summed E-state index contributed by atoms with van der Waals surface area (Å²) < 4.78 is 11.3. The zero-order chi connectivity index (χ0) is 12.5. The maximum absolute atomic E-state index is 9.62. The molecule has 2 aromatic rings. The van der Waals surface area contributed by atoms with Crippen molar-refractivity contribution in [2.45, 2.75) is 18.9 Å². The lowest BCUT2D eigenvalue weighted by Crippen LogP contribution is -1.97. The number of aromatic hydroxyl groups is 1. The van der Waals surface area contributed by atoms with Crippen molar-refractivity contribution in [1.29, 1.82) is 0 Å². The van der Waals surface area contributed by atoms with Gasteiger partial charge < -0.3 is 14.4 Å². The van der Waals surface area contributed by atoms with Gasteiger partial charge in [0.1, 0.15) is 11.9 Å². The van der Waals surface area contributed by atoms with Crippen LogP contribution >= 0.6 is 15.9 Å². The third-order valence-electron chi connectivity index (χ3n) is 2.85. The molecule has 1 saturated heterocycles. The van der Waals surface area contributed by atoms with E-state index in [0.29, 0.717) is 21.8 Å². The van der Waals surface area contributed by atoms with Crippen LogP contribution in [0.5, 0.6) is 5.75 Å². The highest BCUT2D eigenvalue weighted by molar-refractivity contribution is 9.10. The topological polar surface area (TPSA) is 68.4 Å². The van der Waals surface area contributed by atoms with Crippen LogP contribution in [0.2, 0.25) is 0 Å². The monoisotopic (exact) mass is 310 g/mol. The first-order valence-electron chi connectivity index (χ1n) is 5.68. The molecule has 2 heterocycles. The van der Waals surface area contributed by atoms with Crippen LogP contribution in [0.4, 0.5) is 0 Å². The third-order valence-corrected chi connectivity index (χ3v) is 3.52. The van der Waals surface area contributed by atoms with Gasteiger partial charge in [0.15, 0.2) is 0 Å². The molecule has 1 aromatic heterocycles. The fraction of sp³-hybridized carbons (Fsp3) is 0.333. The molecule has 0 bridgehead atoms. The predicted octanol–water partition coefficient (Wildman–Crippen LogP) is 3.06. The van der Waals surface area contributed by atoms with E-state index in [9.17, 15) is 5.11 Å². The van der Waals surface area contributed by atoms with Crippen molar-refractivity contribution in [2.75, 3.05) is 6.61 Å². The number of ether oxygens (including phenoxy) is 1. The van der Waals surface area contributed by atoms with Gasteiger partial charge in [0, 0.05) is 12.2 Å². The number of phenols is 1. The van der Waals surface area contributed by atoms with Crippen molar-refractivity contribution in [1.82, 2.24) is 10.1 Å². The molecular formula is C12H11BrN2O3. The van der Waals surface area contributed by atoms with Crippen molar-refractivity contribution in [2.24, 2.45) is 0 Å². The Morgan fingerprint density at radius 2 is 2.28 bits per heavy atom. The summed E-state index contributed by atoms with van der Waals surface area (Å²) in [5.74, 6) is 1.11. The lowest BCUT2D eigenvalue weighted by atomic mass is 10.2. The summed E-state index contributed by atoms with van der Waals surface area (Å²) in [6.45, 7) is 0.744. The molecule has 0 aliphatic carbocycles. The molecular weight excluding hydrogens is 300 g/mol. The van der Waals surface area contributed by atoms with E-state index < -0.39 is 0 Å². The lowest BCUT2D eigenvalue weighted by molar-refractivity contribution is 0.103. The fourth-order valence-electron chi connectivity index (χ4n) is 1.91. The van der Waals surface area contributed by atoms with Gasteiger partial charge in [-0.25, -0.2) is 0 Å². The predicted molar refractivity (Wildman–Crippen MR) is 67.0 cm³/mol. The van der Waals surface area contributed by atoms with Gasteiger partial charge >= 0.3 is 0 Å². The molecule has 1 unspecified atom stereocenters. The van der Waals surface area contributed by atoms with Crippen LogP contribution in [-0.2, 0) is 4.74 Å². The second-order valence-electron chi connectivity index (χ2n) is 4.13. The van der Waals surface area contributed by atoms with Gasteiger partial charge in [-0.3, -0.25) is 0 Å². The molecule has 3 rings (SSSR count). The molecule has 18 heavy (non-hydrogen) atoms. The summed E-state index contributed by atoms with van der Waals surface area (Å²) in [5.41, 5.74) is 0.687. The number of benzene rings is 1. The Hall–Kier alpha value is -1.40. The number of hydrogen-bond donors (Lipinski definition) is 1. The minimum atomic E-state index is -0.0634. The normalized spacial score (nSPS) is 19.3. The van der Waals surface area contributed by atoms with E-state index in [1.165, 1.54) is 0 Å². The van der Waals surface area contributed by atoms with Crippen LogP contribution in [0.25, 0.3) is 11.5 Å². The number of rotatable bonds is 2. The Balaban J connectivity index is 1.89. The maximum Gasteiger partial charge on any atom is 0.258 e. The molecule has 1 aliphatic heterocycles. The second-order valence-corrected chi connectivity index (χ2v) is 4.98. The Kier molecular flexibility index (Phi) is 3.05. The van der Waals surface area contributed by atoms with E-state index in [1.807, 2.05) is 0 Å². The first kappa shape index (κ1) is 11.7. The fourth-order valence-corrected chi connectivity index (χ4v) is 2.16. The van der Waals surface area contributed by atoms with Crippen LogP contribution in [-0.4, -0.2) is 21.9 Å². The second kappa shape index (κ2) is 4.70. The smallest absolute Gasteiger partial charge is 0.258 e. The Morgan fingerprint density at radius 3 is 3.00 bits per heavy atom. The average molecular weight is 311 g/mol. The summed E-state index contributed by atoms with van der Waals surface area (Å²) in [6, 6.07) is 5.12. The molecule has 6 heteroatoms. The standard InChI is InChI=1S/C12H11BrN2O3/c13-8-4-3-7(6-9(8)16)12-14-11(15-18-12)10-2-1-5-17-10/h3-4,6,10,16H,1-2,5H2. The first-order valence-corrected chi connectivity index (χ1v) is 6.47. The zero-order valence-electron chi connectivity index (χ0n) is 9.47. The van der Waals surface area contributed by atoms with Gasteiger partial charge in [-0.05, 0) is 47.0 Å². The molecule has 0 amide bonds. The summed E-state index contributed by atoms with van der Waals surface area (Å²) in [5, 5.41) is 13.5. The number of aromatic nitrogens is 2. The minimum Gasteiger partial charge on any atom is -0.507 e. The van der Waals surface area contributed by atoms with Gasteiger partial charge in [0.25, 0.3) is 5.89 Å². The number of hydrogen-bond acceptors (Lipinski definition) is 5. The number of halogens is 1. The molecule has 5 nitrogen and oxygen atoms in total. The SMILES string of the molecule is Oc1cc(-c2nc(C3CCCO3)no2)ccc1Br. The minimum absolute atomic E-state index is 0.0634. The zero-order valence-corrected chi connectivity index (χ0v) is 11.1. The molecule has 0 spiro atoms. The van der Waals surface area contributed by atoms with E-state index in [2.05, 4.69) is 26.1 Å². The van der Waals surface area contributed by atoms with Crippen molar-refractivity contribution in [3.63, 3.8) is 0 Å². The Labute approximate surface area is 112 Å². The van der Waals surface area contributed by atoms with E-state index in [1.54, 1.807) is 18.2 Å². The number of phenolic OH excluding ortho intramolecular Hbond substituents is 1. The third kappa shape index (κ3) is 2.13. The first-order chi connectivity index (χ1) is 8.74. The Morgan fingerprint density at radius 1 is 1.39 bits per heavy atom. The lowest BCUT2D eigenvalue weighted by Gasteiger charge is -2.01. The van der Waals surface area contributed by atoms with Crippen LogP contribution in [0.1, 0.15) is 24.8 Å². The highest BCUT2D eigenvalue weighted by Gasteiger charge is 2.23. The molecule has 1 N–H and O–H groups in total. The van der Waals surface area contributed by atoms with Crippen molar-refractivity contribution in [3.8, 4) is 17.2 Å². The molecule has 0 radical (unpaired) electrons. The maximum atomic E-state index is 9.62. The van der Waals surface area contributed by atoms with Gasteiger partial charge in [-0.2, -0.15) is 4.98 Å². The van der Waals surface area contributed by atoms with Crippen molar-refractivity contribution in [3.05, 3.63) is 28.5 Å².